The third-order valence-electron chi connectivity index (χ3n) is 7.54. The molecule has 4 nitrogen and oxygen atoms in total. The minimum Gasteiger partial charge on any atom is -0.872 e. The molecule has 0 aliphatic carbocycles. The Balaban J connectivity index is 0.00000588. The summed E-state index contributed by atoms with van der Waals surface area (Å²) in [6.45, 7) is 25.6. The first-order valence-corrected chi connectivity index (χ1v) is 14.3. The van der Waals surface area contributed by atoms with Gasteiger partial charge in [0.25, 0.3) is 0 Å². The number of hydrogen-bond donors (Lipinski definition) is 0. The van der Waals surface area contributed by atoms with Gasteiger partial charge in [-0.1, -0.05) is 115 Å². The summed E-state index contributed by atoms with van der Waals surface area (Å²) < 4.78 is 0. The number of hydrogen-bond acceptors (Lipinski definition) is 4. The van der Waals surface area contributed by atoms with Crippen LogP contribution in [0.3, 0.4) is 0 Å². The average Bonchev–Trinajstić information content (AvgIpc) is 2.78. The minimum atomic E-state index is -0.288. The summed E-state index contributed by atoms with van der Waals surface area (Å²) in [6, 6.07) is 11.8. The molecule has 0 saturated heterocycles. The van der Waals surface area contributed by atoms with Gasteiger partial charge in [-0.25, -0.2) is 0 Å². The van der Waals surface area contributed by atoms with Gasteiger partial charge in [-0.3, -0.25) is 4.90 Å². The molecular formula is C36H48AlNO3. The van der Waals surface area contributed by atoms with Crippen molar-refractivity contribution < 1.29 is 15.3 Å². The van der Waals surface area contributed by atoms with E-state index in [0.29, 0.717) is 36.3 Å². The van der Waals surface area contributed by atoms with Crippen LogP contribution in [0, 0.1) is 20.8 Å². The van der Waals surface area contributed by atoms with E-state index in [1.807, 2.05) is 57.2 Å². The van der Waals surface area contributed by atoms with Crippen LogP contribution in [0.5, 0.6) is 17.2 Å². The molecule has 218 valence electrons. The van der Waals surface area contributed by atoms with Crippen molar-refractivity contribution in [3.05, 3.63) is 86.5 Å². The summed E-state index contributed by atoms with van der Waals surface area (Å²) in [6.07, 6.45) is 0. The second-order valence-corrected chi connectivity index (χ2v) is 14.8. The Morgan fingerprint density at radius 3 is 0.878 bits per heavy atom. The van der Waals surface area contributed by atoms with E-state index in [1.165, 1.54) is 0 Å². The molecule has 0 fully saturated rings. The van der Waals surface area contributed by atoms with Crippen LogP contribution in [-0.4, -0.2) is 22.3 Å². The first-order valence-electron chi connectivity index (χ1n) is 14.3. The van der Waals surface area contributed by atoms with Gasteiger partial charge in [0.15, 0.2) is 0 Å². The third-order valence-corrected chi connectivity index (χ3v) is 7.54. The van der Waals surface area contributed by atoms with Crippen molar-refractivity contribution in [2.45, 2.75) is 119 Å². The standard InChI is InChI=1S/C36H51NO3.Al/c1-22-13-25(31(38)28(16-22)34(4,5)6)19-37(20-26-14-23(2)17-29(32(26)39)35(7,8)9)21-27-15-24(3)18-30(33(27)40)36(10,11)12;/h13-18,38-40H,19-21H2,1-12H3;/q;+3/p-3. The van der Waals surface area contributed by atoms with E-state index >= 15 is 0 Å². The Morgan fingerprint density at radius 2 is 0.683 bits per heavy atom. The quantitative estimate of drug-likeness (QED) is 0.316. The van der Waals surface area contributed by atoms with Crippen molar-refractivity contribution in [2.24, 2.45) is 0 Å². The fourth-order valence-corrected chi connectivity index (χ4v) is 5.46. The zero-order chi connectivity index (χ0) is 30.4. The zero-order valence-corrected chi connectivity index (χ0v) is 28.5. The van der Waals surface area contributed by atoms with Gasteiger partial charge in [0.2, 0.25) is 0 Å². The molecule has 0 radical (unpaired) electrons. The number of rotatable bonds is 6. The summed E-state index contributed by atoms with van der Waals surface area (Å²) >= 11 is 0. The first-order chi connectivity index (χ1) is 18.2. The SMILES string of the molecule is Cc1cc(CN(Cc2cc(C)cc(C(C)(C)C)c2[O-])Cc2cc(C)cc(C(C)(C)C)c2[O-])c([O-])c(C(C)(C)C)c1.[Al+3]. The monoisotopic (exact) mass is 569 g/mol. The molecular weight excluding hydrogens is 521 g/mol. The van der Waals surface area contributed by atoms with Gasteiger partial charge in [-0.05, 0) is 70.4 Å². The van der Waals surface area contributed by atoms with Gasteiger partial charge in [0, 0.05) is 19.6 Å². The molecule has 0 aromatic heterocycles. The van der Waals surface area contributed by atoms with Crippen LogP contribution in [0.25, 0.3) is 0 Å². The molecule has 0 N–H and O–H groups in total. The van der Waals surface area contributed by atoms with E-state index in [-0.39, 0.29) is 50.9 Å². The second-order valence-electron chi connectivity index (χ2n) is 14.8. The van der Waals surface area contributed by atoms with Crippen molar-refractivity contribution in [1.82, 2.24) is 4.90 Å². The average molecular weight is 570 g/mol. The van der Waals surface area contributed by atoms with Gasteiger partial charge in [-0.15, -0.1) is 17.2 Å². The van der Waals surface area contributed by atoms with E-state index in [9.17, 15) is 15.3 Å². The van der Waals surface area contributed by atoms with Gasteiger partial charge in [-0.2, -0.15) is 0 Å². The maximum Gasteiger partial charge on any atom is 3.00 e. The van der Waals surface area contributed by atoms with Gasteiger partial charge in [0.05, 0.1) is 0 Å². The van der Waals surface area contributed by atoms with Crippen LogP contribution < -0.4 is 15.3 Å². The summed E-state index contributed by atoms with van der Waals surface area (Å²) in [5, 5.41) is 41.0. The van der Waals surface area contributed by atoms with Crippen LogP contribution in [0.2, 0.25) is 0 Å². The molecule has 0 heterocycles. The van der Waals surface area contributed by atoms with Crippen molar-refractivity contribution in [3.8, 4) is 17.2 Å². The van der Waals surface area contributed by atoms with Crippen LogP contribution in [0.4, 0.5) is 0 Å². The van der Waals surface area contributed by atoms with E-state index < -0.39 is 0 Å². The number of benzene rings is 3. The normalized spacial score (nSPS) is 12.5. The molecule has 0 unspecified atom stereocenters. The summed E-state index contributed by atoms with van der Waals surface area (Å²) in [5.74, 6) is 0.103. The van der Waals surface area contributed by atoms with E-state index in [4.69, 9.17) is 0 Å². The molecule has 0 aliphatic rings. The van der Waals surface area contributed by atoms with Gasteiger partial charge >= 0.3 is 17.4 Å². The maximum absolute atomic E-state index is 13.7. The predicted octanol–water partition coefficient (Wildman–Crippen LogP) is 6.55. The first kappa shape index (κ1) is 34.8. The Hall–Kier alpha value is -2.45. The molecule has 0 saturated carbocycles. The summed E-state index contributed by atoms with van der Waals surface area (Å²) in [4.78, 5) is 2.09. The molecule has 3 aromatic rings. The summed E-state index contributed by atoms with van der Waals surface area (Å²) in [7, 11) is 0. The van der Waals surface area contributed by atoms with Crippen LogP contribution >= 0.6 is 0 Å². The summed E-state index contributed by atoms with van der Waals surface area (Å²) in [5.41, 5.74) is 6.66. The molecule has 3 aromatic carbocycles. The predicted molar refractivity (Wildman–Crippen MR) is 167 cm³/mol. The number of aryl methyl sites for hydroxylation is 3. The molecule has 0 amide bonds. The molecule has 5 heteroatoms. The van der Waals surface area contributed by atoms with E-state index in [1.54, 1.807) is 0 Å². The van der Waals surface area contributed by atoms with Gasteiger partial charge < -0.3 is 15.3 Å². The van der Waals surface area contributed by atoms with Crippen molar-refractivity contribution >= 4 is 17.4 Å². The fourth-order valence-electron chi connectivity index (χ4n) is 5.46. The van der Waals surface area contributed by atoms with Crippen molar-refractivity contribution in [1.29, 1.82) is 0 Å². The number of nitrogens with zero attached hydrogens (tertiary/aromatic N) is 1. The van der Waals surface area contributed by atoms with E-state index in [0.717, 1.165) is 33.4 Å². The minimum absolute atomic E-state index is 0. The van der Waals surface area contributed by atoms with Crippen LogP contribution in [0.15, 0.2) is 36.4 Å². The van der Waals surface area contributed by atoms with Crippen molar-refractivity contribution in [2.75, 3.05) is 0 Å². The molecule has 0 aliphatic heterocycles. The fraction of sp³-hybridized carbons (Fsp3) is 0.500. The molecule has 0 bridgehead atoms. The topological polar surface area (TPSA) is 72.4 Å². The molecule has 0 spiro atoms. The second kappa shape index (κ2) is 12.4. The van der Waals surface area contributed by atoms with E-state index in [2.05, 4.69) is 67.2 Å². The largest absolute Gasteiger partial charge is 3.00 e. The Kier molecular flexibility index (Phi) is 10.5. The zero-order valence-electron chi connectivity index (χ0n) is 27.3. The Labute approximate surface area is 259 Å². The van der Waals surface area contributed by atoms with Crippen LogP contribution in [-0.2, 0) is 35.9 Å². The van der Waals surface area contributed by atoms with Crippen molar-refractivity contribution in [3.63, 3.8) is 0 Å². The Morgan fingerprint density at radius 1 is 0.463 bits per heavy atom. The molecule has 41 heavy (non-hydrogen) atoms. The Bertz CT molecular complexity index is 1220. The molecule has 3 rings (SSSR count). The molecule has 0 atom stereocenters. The smallest absolute Gasteiger partial charge is 0.872 e. The van der Waals surface area contributed by atoms with Crippen LogP contribution in [0.1, 0.15) is 112 Å². The maximum atomic E-state index is 13.7. The van der Waals surface area contributed by atoms with Gasteiger partial charge in [0.1, 0.15) is 0 Å². The third kappa shape index (κ3) is 8.32.